The van der Waals surface area contributed by atoms with E-state index >= 15 is 0 Å². The van der Waals surface area contributed by atoms with Crippen LogP contribution in [0, 0.1) is 0 Å². The van der Waals surface area contributed by atoms with Crippen LogP contribution in [-0.4, -0.2) is 98.3 Å². The molecule has 0 heterocycles. The fourth-order valence-corrected chi connectivity index (χ4v) is 7.50. The smallest absolute Gasteiger partial charge is 0.462 e. The molecule has 0 spiro atoms. The molecule has 0 amide bonds. The monoisotopic (exact) mass is 859 g/mol. The minimum Gasteiger partial charge on any atom is -0.462 e. The van der Waals surface area contributed by atoms with Gasteiger partial charge in [0, 0.05) is 12.8 Å². The van der Waals surface area contributed by atoms with Gasteiger partial charge in [-0.1, -0.05) is 159 Å². The molecule has 14 heteroatoms. The van der Waals surface area contributed by atoms with Crippen LogP contribution in [-0.2, 0) is 32.7 Å². The van der Waals surface area contributed by atoms with E-state index in [9.17, 15) is 44.6 Å². The lowest BCUT2D eigenvalue weighted by Crippen LogP contribution is -2.64. The minimum absolute atomic E-state index is 0.0235. The van der Waals surface area contributed by atoms with Gasteiger partial charge in [-0.15, -0.1) is 0 Å². The first-order valence-electron chi connectivity index (χ1n) is 22.4. The van der Waals surface area contributed by atoms with Crippen molar-refractivity contribution >= 4 is 19.8 Å². The molecule has 0 radical (unpaired) electrons. The lowest BCUT2D eigenvalue weighted by Gasteiger charge is -2.41. The lowest BCUT2D eigenvalue weighted by atomic mass is 9.85. The number of aliphatic hydroxyl groups is 5. The highest BCUT2D eigenvalue weighted by atomic mass is 31.2. The molecule has 0 aromatic rings. The van der Waals surface area contributed by atoms with Crippen molar-refractivity contribution in [1.29, 1.82) is 0 Å². The van der Waals surface area contributed by atoms with Gasteiger partial charge in [-0.2, -0.15) is 0 Å². The van der Waals surface area contributed by atoms with Crippen molar-refractivity contribution < 1.29 is 63.1 Å². The molecule has 0 aromatic carbocycles. The molecule has 0 aromatic heterocycles. The number of carbonyl (C=O) groups is 2. The Hall–Kier alpha value is -2.19. The molecular formula is C45H79O13P. The van der Waals surface area contributed by atoms with E-state index < -0.39 is 75.7 Å². The Morgan fingerprint density at radius 1 is 0.525 bits per heavy atom. The first kappa shape index (κ1) is 54.8. The van der Waals surface area contributed by atoms with Crippen molar-refractivity contribution in [2.45, 2.75) is 211 Å². The highest BCUT2D eigenvalue weighted by Crippen LogP contribution is 2.47. The number of hydrogen-bond acceptors (Lipinski definition) is 12. The summed E-state index contributed by atoms with van der Waals surface area (Å²) < 4.78 is 33.4. The van der Waals surface area contributed by atoms with Crippen LogP contribution < -0.4 is 0 Å². The predicted octanol–water partition coefficient (Wildman–Crippen LogP) is 8.39. The van der Waals surface area contributed by atoms with E-state index in [1.807, 2.05) is 18.2 Å². The van der Waals surface area contributed by atoms with Gasteiger partial charge >= 0.3 is 19.8 Å². The fraction of sp³-hybridized carbons (Fsp3) is 0.778. The zero-order valence-corrected chi connectivity index (χ0v) is 36.9. The molecule has 0 aliphatic heterocycles. The average Bonchev–Trinajstić information content (AvgIpc) is 3.21. The Balaban J connectivity index is 2.54. The van der Waals surface area contributed by atoms with Crippen LogP contribution in [0.25, 0.3) is 0 Å². The summed E-state index contributed by atoms with van der Waals surface area (Å²) in [5, 5.41) is 50.1. The lowest BCUT2D eigenvalue weighted by molar-refractivity contribution is -0.220. The number of unbranched alkanes of at least 4 members (excludes halogenated alkanes) is 16. The van der Waals surface area contributed by atoms with Crippen LogP contribution in [0.15, 0.2) is 48.6 Å². The summed E-state index contributed by atoms with van der Waals surface area (Å²) in [5.74, 6) is -1.19. The van der Waals surface area contributed by atoms with E-state index in [4.69, 9.17) is 18.5 Å². The quantitative estimate of drug-likeness (QED) is 0.0152. The van der Waals surface area contributed by atoms with Gasteiger partial charge in [0.25, 0.3) is 0 Å². The molecule has 8 atom stereocenters. The van der Waals surface area contributed by atoms with E-state index in [-0.39, 0.29) is 12.8 Å². The van der Waals surface area contributed by atoms with Crippen molar-refractivity contribution in [3.63, 3.8) is 0 Å². The number of aliphatic hydroxyl groups excluding tert-OH is 5. The third-order valence-corrected chi connectivity index (χ3v) is 11.2. The van der Waals surface area contributed by atoms with E-state index in [1.165, 1.54) is 83.5 Å². The summed E-state index contributed by atoms with van der Waals surface area (Å²) in [6.45, 7) is 3.21. The van der Waals surface area contributed by atoms with Gasteiger partial charge in [-0.05, 0) is 44.9 Å². The Bertz CT molecular complexity index is 1220. The number of hydrogen-bond donors (Lipinski definition) is 6. The van der Waals surface area contributed by atoms with Crippen molar-refractivity contribution in [2.75, 3.05) is 13.2 Å². The fourth-order valence-electron chi connectivity index (χ4n) is 6.53. The van der Waals surface area contributed by atoms with Crippen molar-refractivity contribution in [2.24, 2.45) is 0 Å². The Kier molecular flexibility index (Phi) is 32.9. The summed E-state index contributed by atoms with van der Waals surface area (Å²) >= 11 is 0. The second-order valence-corrected chi connectivity index (χ2v) is 17.0. The molecule has 0 saturated heterocycles. The van der Waals surface area contributed by atoms with E-state index in [1.54, 1.807) is 0 Å². The molecule has 1 aliphatic carbocycles. The summed E-state index contributed by atoms with van der Waals surface area (Å²) in [4.78, 5) is 35.6. The zero-order chi connectivity index (χ0) is 43.6. The van der Waals surface area contributed by atoms with E-state index in [0.717, 1.165) is 38.5 Å². The first-order valence-corrected chi connectivity index (χ1v) is 23.9. The molecule has 1 saturated carbocycles. The van der Waals surface area contributed by atoms with Crippen molar-refractivity contribution in [3.05, 3.63) is 48.6 Å². The standard InChI is InChI=1S/C45H79O13P/c1-3-5-7-9-11-13-15-17-18-19-20-22-24-26-28-30-32-34-39(47)57-37(36-56-59(53,54)58-45-43(51)41(49)40(48)42(50)44(45)52)35-55-38(46)33-31-29-27-25-23-21-16-14-12-10-8-6-4-2/h13,15,18-19,22,24,28,30,37,40-45,48-52H,3-12,14,16-17,20-21,23,25-27,29,31-36H2,1-2H3,(H,53,54)/b15-13-,19-18-,24-22-,30-28-/t37?,40?,41-,42+,43-,44-,45?/m0/s1. The molecule has 13 nitrogen and oxygen atoms in total. The molecule has 0 bridgehead atoms. The maximum absolute atomic E-state index is 12.8. The van der Waals surface area contributed by atoms with Crippen molar-refractivity contribution in [3.8, 4) is 0 Å². The topological polar surface area (TPSA) is 210 Å². The van der Waals surface area contributed by atoms with E-state index in [2.05, 4.69) is 44.2 Å². The molecular weight excluding hydrogens is 779 g/mol. The van der Waals surface area contributed by atoms with Gasteiger partial charge in [0.15, 0.2) is 6.10 Å². The largest absolute Gasteiger partial charge is 0.472 e. The van der Waals surface area contributed by atoms with Gasteiger partial charge < -0.3 is 39.9 Å². The maximum atomic E-state index is 12.8. The third kappa shape index (κ3) is 28.1. The van der Waals surface area contributed by atoms with Gasteiger partial charge in [0.2, 0.25) is 0 Å². The van der Waals surface area contributed by atoms with Crippen LogP contribution in [0.2, 0.25) is 0 Å². The van der Waals surface area contributed by atoms with Gasteiger partial charge in [0.05, 0.1) is 6.61 Å². The van der Waals surface area contributed by atoms with Crippen LogP contribution in [0.3, 0.4) is 0 Å². The number of rotatable bonds is 36. The Morgan fingerprint density at radius 3 is 1.46 bits per heavy atom. The maximum Gasteiger partial charge on any atom is 0.472 e. The molecule has 59 heavy (non-hydrogen) atoms. The first-order chi connectivity index (χ1) is 28.4. The number of esters is 2. The van der Waals surface area contributed by atoms with Crippen LogP contribution >= 0.6 is 7.82 Å². The molecule has 4 unspecified atom stereocenters. The minimum atomic E-state index is -5.13. The normalized spacial score (nSPS) is 22.8. The highest BCUT2D eigenvalue weighted by Gasteiger charge is 2.51. The second-order valence-electron chi connectivity index (χ2n) is 15.6. The Labute approximate surface area is 354 Å². The summed E-state index contributed by atoms with van der Waals surface area (Å²) in [6.07, 6.45) is 27.5. The van der Waals surface area contributed by atoms with Gasteiger partial charge in [-0.25, -0.2) is 4.57 Å². The zero-order valence-electron chi connectivity index (χ0n) is 36.0. The number of phosphoric acid groups is 1. The van der Waals surface area contributed by atoms with E-state index in [0.29, 0.717) is 19.3 Å². The SMILES string of the molecule is CCCCCC/C=C\C/C=C\C/C=C\C/C=C\CCC(=O)OC(COC(=O)CCCCCCCCCCCCCCC)COP(=O)(O)OC1[C@@H](O)[C@H](O)C(O)[C@H](O)[C@@H]1O. The highest BCUT2D eigenvalue weighted by molar-refractivity contribution is 7.47. The van der Waals surface area contributed by atoms with Crippen LogP contribution in [0.1, 0.15) is 168 Å². The predicted molar refractivity (Wildman–Crippen MR) is 230 cm³/mol. The Morgan fingerprint density at radius 2 is 0.949 bits per heavy atom. The average molecular weight is 859 g/mol. The number of phosphoric ester groups is 1. The summed E-state index contributed by atoms with van der Waals surface area (Å²) in [6, 6.07) is 0. The van der Waals surface area contributed by atoms with Crippen LogP contribution in [0.4, 0.5) is 0 Å². The number of allylic oxidation sites excluding steroid dienone is 8. The summed E-state index contributed by atoms with van der Waals surface area (Å²) in [5.41, 5.74) is 0. The molecule has 6 N–H and O–H groups in total. The molecule has 1 rings (SSSR count). The third-order valence-electron chi connectivity index (χ3n) is 10.2. The number of ether oxygens (including phenoxy) is 2. The molecule has 342 valence electrons. The van der Waals surface area contributed by atoms with Crippen LogP contribution in [0.5, 0.6) is 0 Å². The molecule has 1 aliphatic rings. The molecule has 1 fully saturated rings. The van der Waals surface area contributed by atoms with Gasteiger partial charge in [0.1, 0.15) is 43.2 Å². The number of carbonyl (C=O) groups excluding carboxylic acids is 2. The second kappa shape index (κ2) is 35.4. The summed E-state index contributed by atoms with van der Waals surface area (Å²) in [7, 11) is -5.13. The van der Waals surface area contributed by atoms with Gasteiger partial charge in [-0.3, -0.25) is 18.6 Å². The van der Waals surface area contributed by atoms with Crippen molar-refractivity contribution in [1.82, 2.24) is 0 Å².